The van der Waals surface area contributed by atoms with E-state index in [-0.39, 0.29) is 5.82 Å². The van der Waals surface area contributed by atoms with Crippen molar-refractivity contribution in [1.82, 2.24) is 10.1 Å². The first-order valence-electron chi connectivity index (χ1n) is 7.97. The zero-order valence-corrected chi connectivity index (χ0v) is 14.3. The van der Waals surface area contributed by atoms with E-state index in [0.29, 0.717) is 34.5 Å². The summed E-state index contributed by atoms with van der Waals surface area (Å²) in [5.74, 6) is 0.344. The van der Waals surface area contributed by atoms with Crippen molar-refractivity contribution in [2.24, 2.45) is 5.73 Å². The molecule has 0 saturated heterocycles. The van der Waals surface area contributed by atoms with Gasteiger partial charge in [0.15, 0.2) is 0 Å². The second-order valence-electron chi connectivity index (χ2n) is 6.75. The maximum Gasteiger partial charge on any atom is 0.146 e. The number of rotatable bonds is 4. The van der Waals surface area contributed by atoms with E-state index >= 15 is 0 Å². The van der Waals surface area contributed by atoms with Crippen molar-refractivity contribution in [1.29, 1.82) is 0 Å². The van der Waals surface area contributed by atoms with Crippen molar-refractivity contribution in [3.63, 3.8) is 0 Å². The number of nitrogens with two attached hydrogens (primary N) is 1. The van der Waals surface area contributed by atoms with Crippen molar-refractivity contribution in [2.45, 2.75) is 45.8 Å². The Hall–Kier alpha value is -2.18. The Morgan fingerprint density at radius 3 is 2.75 bits per heavy atom. The molecule has 0 aliphatic heterocycles. The van der Waals surface area contributed by atoms with Gasteiger partial charge in [-0.05, 0) is 39.0 Å². The van der Waals surface area contributed by atoms with Gasteiger partial charge in [0.1, 0.15) is 11.6 Å². The number of hydrogen-bond donors (Lipinski definition) is 3. The van der Waals surface area contributed by atoms with E-state index in [1.165, 1.54) is 12.1 Å². The number of aliphatic hydroxyl groups is 1. The van der Waals surface area contributed by atoms with Gasteiger partial charge in [0.25, 0.3) is 0 Å². The molecule has 24 heavy (non-hydrogen) atoms. The molecule has 3 rings (SSSR count). The fourth-order valence-electron chi connectivity index (χ4n) is 3.02. The molecule has 1 atom stereocenters. The van der Waals surface area contributed by atoms with Crippen LogP contribution in [-0.4, -0.2) is 20.8 Å². The smallest absolute Gasteiger partial charge is 0.146 e. The van der Waals surface area contributed by atoms with Gasteiger partial charge in [-0.2, -0.15) is 0 Å². The van der Waals surface area contributed by atoms with Crippen LogP contribution in [-0.2, 0) is 6.42 Å². The van der Waals surface area contributed by atoms with E-state index in [1.54, 1.807) is 19.9 Å². The fourth-order valence-corrected chi connectivity index (χ4v) is 3.02. The molecule has 4 N–H and O–H groups in total. The summed E-state index contributed by atoms with van der Waals surface area (Å²) in [5, 5.41) is 15.5. The van der Waals surface area contributed by atoms with Crippen LogP contribution >= 0.6 is 0 Å². The van der Waals surface area contributed by atoms with Crippen LogP contribution in [0, 0.1) is 12.7 Å². The van der Waals surface area contributed by atoms with Gasteiger partial charge in [-0.3, -0.25) is 0 Å². The molecule has 0 saturated carbocycles. The van der Waals surface area contributed by atoms with Gasteiger partial charge in [0.2, 0.25) is 0 Å². The molecule has 0 spiro atoms. The van der Waals surface area contributed by atoms with Gasteiger partial charge >= 0.3 is 0 Å². The molecule has 5 nitrogen and oxygen atoms in total. The molecule has 1 unspecified atom stereocenters. The number of halogens is 1. The lowest BCUT2D eigenvalue weighted by Gasteiger charge is -2.26. The first-order chi connectivity index (χ1) is 11.2. The van der Waals surface area contributed by atoms with Crippen LogP contribution in [0.3, 0.4) is 0 Å². The predicted octanol–water partition coefficient (Wildman–Crippen LogP) is 3.60. The van der Waals surface area contributed by atoms with Gasteiger partial charge in [-0.1, -0.05) is 12.1 Å². The lowest BCUT2D eigenvalue weighted by Crippen LogP contribution is -2.39. The molecular formula is C18H22FN3O2. The zero-order chi connectivity index (χ0) is 17.6. The molecule has 0 aliphatic rings. The van der Waals surface area contributed by atoms with Crippen molar-refractivity contribution in [3.05, 3.63) is 41.0 Å². The minimum Gasteiger partial charge on any atom is -0.386 e. The molecule has 3 aromatic rings. The third kappa shape index (κ3) is 2.61. The number of aromatic nitrogens is 2. The largest absolute Gasteiger partial charge is 0.386 e. The van der Waals surface area contributed by atoms with Crippen molar-refractivity contribution in [3.8, 4) is 11.3 Å². The van der Waals surface area contributed by atoms with Crippen molar-refractivity contribution >= 4 is 10.9 Å². The van der Waals surface area contributed by atoms with Crippen LogP contribution in [0.5, 0.6) is 0 Å². The normalized spacial score (nSPS) is 13.6. The molecule has 0 radical (unpaired) electrons. The first-order valence-corrected chi connectivity index (χ1v) is 7.97. The minimum absolute atomic E-state index is 0.367. The summed E-state index contributed by atoms with van der Waals surface area (Å²) >= 11 is 0. The highest BCUT2D eigenvalue weighted by atomic mass is 19.1. The predicted molar refractivity (Wildman–Crippen MR) is 91.1 cm³/mol. The summed E-state index contributed by atoms with van der Waals surface area (Å²) in [5.41, 5.74) is 8.72. The second kappa shape index (κ2) is 5.72. The topological polar surface area (TPSA) is 88.1 Å². The number of aromatic amines is 1. The Morgan fingerprint density at radius 1 is 1.42 bits per heavy atom. The number of nitrogens with zero attached hydrogens (tertiary/aromatic N) is 1. The van der Waals surface area contributed by atoms with Crippen molar-refractivity contribution < 1.29 is 14.0 Å². The van der Waals surface area contributed by atoms with Gasteiger partial charge in [0, 0.05) is 28.4 Å². The van der Waals surface area contributed by atoms with E-state index < -0.39 is 11.6 Å². The van der Waals surface area contributed by atoms with E-state index in [1.807, 2.05) is 13.8 Å². The molecule has 2 heterocycles. The van der Waals surface area contributed by atoms with Crippen LogP contribution in [0.4, 0.5) is 4.39 Å². The monoisotopic (exact) mass is 331 g/mol. The molecule has 128 valence electrons. The van der Waals surface area contributed by atoms with Gasteiger partial charge < -0.3 is 20.3 Å². The average Bonchev–Trinajstić information content (AvgIpc) is 3.04. The Labute approximate surface area is 139 Å². The molecular weight excluding hydrogens is 309 g/mol. The summed E-state index contributed by atoms with van der Waals surface area (Å²) in [4.78, 5) is 3.28. The molecule has 0 bridgehead atoms. The summed E-state index contributed by atoms with van der Waals surface area (Å²) in [6.45, 7) is 7.28. The third-order valence-corrected chi connectivity index (χ3v) is 4.28. The Balaban J connectivity index is 2.37. The standard InChI is InChI=1S/C18H22FN3O2/c1-5-13-14(9(2)22-24-13)16-15(17(23)18(3,4)20)11-8-10(19)6-7-12(11)21-16/h6-8,17,21,23H,5,20H2,1-4H3. The first kappa shape index (κ1) is 16.7. The molecule has 0 fully saturated rings. The second-order valence-corrected chi connectivity index (χ2v) is 6.75. The van der Waals surface area contributed by atoms with Crippen LogP contribution in [0.2, 0.25) is 0 Å². The molecule has 0 amide bonds. The number of nitrogens with one attached hydrogen (secondary N) is 1. The van der Waals surface area contributed by atoms with Gasteiger partial charge in [-0.15, -0.1) is 0 Å². The quantitative estimate of drug-likeness (QED) is 0.681. The maximum absolute atomic E-state index is 13.8. The van der Waals surface area contributed by atoms with Crippen LogP contribution < -0.4 is 5.73 Å². The number of hydrogen-bond acceptors (Lipinski definition) is 4. The fraction of sp³-hybridized carbons (Fsp3) is 0.389. The van der Waals surface area contributed by atoms with Gasteiger partial charge in [-0.25, -0.2) is 4.39 Å². The SMILES string of the molecule is CCc1onc(C)c1-c1[nH]c2ccc(F)cc2c1C(O)C(C)(C)N. The number of benzene rings is 1. The number of aryl methyl sites for hydroxylation is 2. The summed E-state index contributed by atoms with van der Waals surface area (Å²) < 4.78 is 19.2. The zero-order valence-electron chi connectivity index (χ0n) is 14.3. The summed E-state index contributed by atoms with van der Waals surface area (Å²) in [6, 6.07) is 4.45. The van der Waals surface area contributed by atoms with Crippen LogP contribution in [0.1, 0.15) is 43.9 Å². The lowest BCUT2D eigenvalue weighted by molar-refractivity contribution is 0.106. The number of fused-ring (bicyclic) bond motifs is 1. The van der Waals surface area contributed by atoms with E-state index in [9.17, 15) is 9.50 Å². The van der Waals surface area contributed by atoms with E-state index in [0.717, 1.165) is 11.1 Å². The van der Waals surface area contributed by atoms with E-state index in [4.69, 9.17) is 10.3 Å². The van der Waals surface area contributed by atoms with Crippen molar-refractivity contribution in [2.75, 3.05) is 0 Å². The molecule has 2 aromatic heterocycles. The molecule has 6 heteroatoms. The highest BCUT2D eigenvalue weighted by Gasteiger charge is 2.32. The van der Waals surface area contributed by atoms with Gasteiger partial charge in [0.05, 0.1) is 23.1 Å². The summed E-state index contributed by atoms with van der Waals surface area (Å²) in [6.07, 6.45) is -0.330. The average molecular weight is 331 g/mol. The molecule has 0 aliphatic carbocycles. The third-order valence-electron chi connectivity index (χ3n) is 4.28. The van der Waals surface area contributed by atoms with Crippen LogP contribution in [0.25, 0.3) is 22.2 Å². The Kier molecular flexibility index (Phi) is 3.97. The van der Waals surface area contributed by atoms with E-state index in [2.05, 4.69) is 10.1 Å². The highest BCUT2D eigenvalue weighted by molar-refractivity contribution is 5.92. The number of H-pyrrole nitrogens is 1. The molecule has 1 aromatic carbocycles. The Morgan fingerprint density at radius 2 is 2.12 bits per heavy atom. The highest BCUT2D eigenvalue weighted by Crippen LogP contribution is 2.40. The lowest BCUT2D eigenvalue weighted by atomic mass is 9.88. The minimum atomic E-state index is -0.984. The summed E-state index contributed by atoms with van der Waals surface area (Å²) in [7, 11) is 0. The Bertz CT molecular complexity index is 890. The van der Waals surface area contributed by atoms with Crippen LogP contribution in [0.15, 0.2) is 22.7 Å². The number of aliphatic hydroxyl groups excluding tert-OH is 1. The maximum atomic E-state index is 13.8.